The van der Waals surface area contributed by atoms with Crippen LogP contribution in [0.1, 0.15) is 0 Å². The molecular weight excluding hydrogens is 466 g/mol. The average molecular weight is 492 g/mol. The van der Waals surface area contributed by atoms with Crippen LogP contribution in [-0.2, 0) is 14.1 Å². The zero-order chi connectivity index (χ0) is 25.6. The lowest BCUT2D eigenvalue weighted by Gasteiger charge is -2.07. The molecule has 0 spiro atoms. The zero-order valence-electron chi connectivity index (χ0n) is 21.2. The van der Waals surface area contributed by atoms with Crippen molar-refractivity contribution in [1.29, 1.82) is 0 Å². The largest absolute Gasteiger partial charge is 0.327 e. The van der Waals surface area contributed by atoms with Gasteiger partial charge in [-0.2, -0.15) is 0 Å². The van der Waals surface area contributed by atoms with E-state index in [1.54, 1.807) is 0 Å². The van der Waals surface area contributed by atoms with Crippen LogP contribution in [0.4, 0.5) is 0 Å². The van der Waals surface area contributed by atoms with Crippen LogP contribution in [0.2, 0.25) is 0 Å². The first-order valence-corrected chi connectivity index (χ1v) is 12.7. The fraction of sp³-hybridized carbons (Fsp3) is 0.0606. The SMILES string of the molecule is Cn1c(-c2ccccc2)nc2ccc(-c3ccc(-c4ccc(-c5nc6ccccc6n5C)nc4)cc3)cc21. The van der Waals surface area contributed by atoms with Crippen molar-refractivity contribution >= 4 is 22.1 Å². The Morgan fingerprint density at radius 2 is 1.08 bits per heavy atom. The number of imidazole rings is 2. The maximum atomic E-state index is 4.87. The third-order valence-corrected chi connectivity index (χ3v) is 7.24. The van der Waals surface area contributed by atoms with Gasteiger partial charge in [-0.1, -0.05) is 78.9 Å². The van der Waals surface area contributed by atoms with Crippen LogP contribution in [0.25, 0.3) is 67.2 Å². The lowest BCUT2D eigenvalue weighted by Crippen LogP contribution is -1.94. The number of pyridine rings is 1. The molecule has 0 radical (unpaired) electrons. The molecule has 3 aromatic heterocycles. The number of para-hydroxylation sites is 2. The molecule has 0 fully saturated rings. The van der Waals surface area contributed by atoms with Crippen LogP contribution < -0.4 is 0 Å². The third-order valence-electron chi connectivity index (χ3n) is 7.24. The highest BCUT2D eigenvalue weighted by Crippen LogP contribution is 2.30. The van der Waals surface area contributed by atoms with E-state index < -0.39 is 0 Å². The van der Waals surface area contributed by atoms with Gasteiger partial charge in [0.1, 0.15) is 11.5 Å². The molecule has 7 rings (SSSR count). The van der Waals surface area contributed by atoms with Crippen molar-refractivity contribution in [1.82, 2.24) is 24.1 Å². The molecule has 3 heterocycles. The summed E-state index contributed by atoms with van der Waals surface area (Å²) < 4.78 is 4.26. The van der Waals surface area contributed by atoms with E-state index in [9.17, 15) is 0 Å². The Hall–Kier alpha value is -5.03. The summed E-state index contributed by atoms with van der Waals surface area (Å²) in [5.74, 6) is 1.84. The predicted octanol–water partition coefficient (Wildman–Crippen LogP) is 7.52. The van der Waals surface area contributed by atoms with Gasteiger partial charge in [0.15, 0.2) is 5.82 Å². The van der Waals surface area contributed by atoms with Crippen molar-refractivity contribution in [3.8, 4) is 45.2 Å². The van der Waals surface area contributed by atoms with Crippen LogP contribution in [0.15, 0.2) is 115 Å². The zero-order valence-corrected chi connectivity index (χ0v) is 21.2. The molecule has 0 aliphatic carbocycles. The van der Waals surface area contributed by atoms with E-state index in [1.165, 1.54) is 11.1 Å². The third kappa shape index (κ3) is 3.68. The molecule has 7 aromatic rings. The second-order valence-electron chi connectivity index (χ2n) is 9.56. The Morgan fingerprint density at radius 1 is 0.474 bits per heavy atom. The van der Waals surface area contributed by atoms with E-state index in [4.69, 9.17) is 15.0 Å². The molecule has 4 aromatic carbocycles. The molecule has 0 atom stereocenters. The van der Waals surface area contributed by atoms with Gasteiger partial charge in [-0.3, -0.25) is 4.98 Å². The summed E-state index contributed by atoms with van der Waals surface area (Å²) >= 11 is 0. The van der Waals surface area contributed by atoms with Crippen molar-refractivity contribution in [2.75, 3.05) is 0 Å². The van der Waals surface area contributed by atoms with Crippen molar-refractivity contribution in [2.24, 2.45) is 14.1 Å². The summed E-state index contributed by atoms with van der Waals surface area (Å²) in [5, 5.41) is 0. The summed E-state index contributed by atoms with van der Waals surface area (Å²) in [7, 11) is 4.11. The Bertz CT molecular complexity index is 1910. The second kappa shape index (κ2) is 8.82. The molecule has 0 amide bonds. The molecule has 0 saturated heterocycles. The van der Waals surface area contributed by atoms with Crippen molar-refractivity contribution < 1.29 is 0 Å². The van der Waals surface area contributed by atoms with E-state index in [1.807, 2.05) is 55.7 Å². The highest BCUT2D eigenvalue weighted by molar-refractivity contribution is 5.86. The standard InChI is InChI=1S/C33H25N5/c1-37-30-11-7-6-10-27(30)36-33(37)29-19-17-26(21-34-29)23-14-12-22(13-15-23)25-16-18-28-31(20-25)38(2)32(35-28)24-8-4-3-5-9-24/h3-21H,1-2H3. The summed E-state index contributed by atoms with van der Waals surface area (Å²) in [4.78, 5) is 14.4. The molecule has 182 valence electrons. The highest BCUT2D eigenvalue weighted by Gasteiger charge is 2.12. The summed E-state index contributed by atoms with van der Waals surface area (Å²) in [6.07, 6.45) is 1.93. The molecule has 5 nitrogen and oxygen atoms in total. The van der Waals surface area contributed by atoms with Gasteiger partial charge in [-0.05, 0) is 47.0 Å². The van der Waals surface area contributed by atoms with Gasteiger partial charge in [0.05, 0.1) is 22.1 Å². The first-order valence-electron chi connectivity index (χ1n) is 12.7. The number of rotatable bonds is 4. The Morgan fingerprint density at radius 3 is 1.82 bits per heavy atom. The fourth-order valence-electron chi connectivity index (χ4n) is 5.14. The number of aromatic nitrogens is 5. The van der Waals surface area contributed by atoms with Gasteiger partial charge in [0.2, 0.25) is 0 Å². The molecule has 38 heavy (non-hydrogen) atoms. The van der Waals surface area contributed by atoms with E-state index in [0.717, 1.165) is 56.1 Å². The van der Waals surface area contributed by atoms with Crippen LogP contribution in [0.3, 0.4) is 0 Å². The lowest BCUT2D eigenvalue weighted by molar-refractivity contribution is 0.950. The first-order chi connectivity index (χ1) is 18.7. The van der Waals surface area contributed by atoms with Crippen LogP contribution in [0, 0.1) is 0 Å². The number of hydrogen-bond acceptors (Lipinski definition) is 3. The maximum Gasteiger partial charge on any atom is 0.159 e. The summed E-state index contributed by atoms with van der Waals surface area (Å²) in [6, 6.07) is 37.8. The minimum absolute atomic E-state index is 0.864. The van der Waals surface area contributed by atoms with Crippen LogP contribution in [-0.4, -0.2) is 24.1 Å². The number of hydrogen-bond donors (Lipinski definition) is 0. The smallest absolute Gasteiger partial charge is 0.159 e. The van der Waals surface area contributed by atoms with E-state index in [-0.39, 0.29) is 0 Å². The van der Waals surface area contributed by atoms with Crippen molar-refractivity contribution in [3.63, 3.8) is 0 Å². The molecule has 5 heteroatoms. The molecule has 0 saturated carbocycles. The molecule has 0 aliphatic heterocycles. The minimum Gasteiger partial charge on any atom is -0.327 e. The Balaban J connectivity index is 1.17. The van der Waals surface area contributed by atoms with E-state index in [0.29, 0.717) is 0 Å². The number of fused-ring (bicyclic) bond motifs is 2. The Labute approximate surface area is 220 Å². The number of benzene rings is 4. The van der Waals surface area contributed by atoms with Crippen LogP contribution >= 0.6 is 0 Å². The highest BCUT2D eigenvalue weighted by atomic mass is 15.1. The van der Waals surface area contributed by atoms with Gasteiger partial charge < -0.3 is 9.13 Å². The summed E-state index contributed by atoms with van der Waals surface area (Å²) in [6.45, 7) is 0. The van der Waals surface area contributed by atoms with E-state index in [2.05, 4.69) is 82.9 Å². The average Bonchev–Trinajstić information content (AvgIpc) is 3.50. The van der Waals surface area contributed by atoms with Gasteiger partial charge in [-0.25, -0.2) is 9.97 Å². The molecular formula is C33H25N5. The molecule has 0 aliphatic rings. The minimum atomic E-state index is 0.864. The normalized spacial score (nSPS) is 11.4. The van der Waals surface area contributed by atoms with Crippen molar-refractivity contribution in [2.45, 2.75) is 0 Å². The monoisotopic (exact) mass is 491 g/mol. The predicted molar refractivity (Wildman–Crippen MR) is 155 cm³/mol. The first kappa shape index (κ1) is 22.2. The molecule has 0 N–H and O–H groups in total. The van der Waals surface area contributed by atoms with Gasteiger partial charge in [0, 0.05) is 31.4 Å². The van der Waals surface area contributed by atoms with Crippen molar-refractivity contribution in [3.05, 3.63) is 115 Å². The van der Waals surface area contributed by atoms with E-state index >= 15 is 0 Å². The topological polar surface area (TPSA) is 48.5 Å². The lowest BCUT2D eigenvalue weighted by atomic mass is 10.0. The Kier molecular flexibility index (Phi) is 5.15. The number of nitrogens with zero attached hydrogens (tertiary/aromatic N) is 5. The van der Waals surface area contributed by atoms with Crippen LogP contribution in [0.5, 0.6) is 0 Å². The number of aryl methyl sites for hydroxylation is 2. The van der Waals surface area contributed by atoms with Gasteiger partial charge in [0.25, 0.3) is 0 Å². The van der Waals surface area contributed by atoms with Gasteiger partial charge in [-0.15, -0.1) is 0 Å². The fourth-order valence-corrected chi connectivity index (χ4v) is 5.14. The van der Waals surface area contributed by atoms with Gasteiger partial charge >= 0.3 is 0 Å². The molecule has 0 unspecified atom stereocenters. The quantitative estimate of drug-likeness (QED) is 0.256. The molecule has 0 bridgehead atoms. The maximum absolute atomic E-state index is 4.87. The second-order valence-corrected chi connectivity index (χ2v) is 9.56. The summed E-state index contributed by atoms with van der Waals surface area (Å²) in [5.41, 5.74) is 10.7.